The molecule has 210 valence electrons. The average Bonchev–Trinajstić information content (AvgIpc) is 3.38. The Morgan fingerprint density at radius 2 is 1.49 bits per heavy atom. The van der Waals surface area contributed by atoms with Crippen LogP contribution in [-0.4, -0.2) is 33.1 Å². The van der Waals surface area contributed by atoms with E-state index >= 15 is 0 Å². The van der Waals surface area contributed by atoms with Gasteiger partial charge in [-0.3, -0.25) is 0 Å². The van der Waals surface area contributed by atoms with Gasteiger partial charge in [0, 0.05) is 16.7 Å². The number of hydrogen-bond acceptors (Lipinski definition) is 6. The van der Waals surface area contributed by atoms with E-state index in [0.717, 1.165) is 40.7 Å². The van der Waals surface area contributed by atoms with Crippen molar-refractivity contribution in [2.75, 3.05) is 6.61 Å². The molecule has 0 radical (unpaired) electrons. The van der Waals surface area contributed by atoms with Crippen molar-refractivity contribution in [2.45, 2.75) is 38.2 Å². The Morgan fingerprint density at radius 3 is 2.15 bits per heavy atom. The summed E-state index contributed by atoms with van der Waals surface area (Å²) in [4.78, 5) is 0. The second-order valence-corrected chi connectivity index (χ2v) is 10.2. The standard InChI is InChI=1S/C35H34O6/c1-4-7-22-9-13-25(14-10-22)40-30-19-23(8-5-2)33-32(31(20-36)41-35(33)34(30)39)24-12-16-29(38)27(18-24)26-17-21(6-3)11-15-28(26)37/h4-5,9-19,31-32,36-39H,1-2,6-8,20H2,3H3. The quantitative estimate of drug-likeness (QED) is 0.156. The summed E-state index contributed by atoms with van der Waals surface area (Å²) >= 11 is 0. The molecule has 4 N–H and O–H groups in total. The summed E-state index contributed by atoms with van der Waals surface area (Å²) in [6.07, 6.45) is 4.89. The minimum absolute atomic E-state index is 0.0222. The highest BCUT2D eigenvalue weighted by atomic mass is 16.5. The van der Waals surface area contributed by atoms with E-state index < -0.39 is 12.0 Å². The number of fused-ring (bicyclic) bond motifs is 1. The molecule has 0 saturated heterocycles. The molecule has 4 aromatic carbocycles. The summed E-state index contributed by atoms with van der Waals surface area (Å²) in [6.45, 7) is 9.39. The number of phenolic OH excluding ortho intramolecular Hbond substituents is 3. The lowest BCUT2D eigenvalue weighted by Crippen LogP contribution is -2.24. The highest BCUT2D eigenvalue weighted by Crippen LogP contribution is 2.54. The molecule has 1 heterocycles. The van der Waals surface area contributed by atoms with Gasteiger partial charge in [0.15, 0.2) is 11.5 Å². The Balaban J connectivity index is 1.60. The van der Waals surface area contributed by atoms with Crippen molar-refractivity contribution in [1.82, 2.24) is 0 Å². The first kappa shape index (κ1) is 27.9. The van der Waals surface area contributed by atoms with Gasteiger partial charge < -0.3 is 29.9 Å². The Kier molecular flexibility index (Phi) is 8.04. The van der Waals surface area contributed by atoms with Crippen LogP contribution in [0.4, 0.5) is 0 Å². The van der Waals surface area contributed by atoms with Crippen LogP contribution in [0.5, 0.6) is 34.5 Å². The van der Waals surface area contributed by atoms with Gasteiger partial charge in [-0.25, -0.2) is 0 Å². The molecule has 2 atom stereocenters. The van der Waals surface area contributed by atoms with Crippen LogP contribution in [0, 0.1) is 0 Å². The number of aliphatic hydroxyl groups is 1. The van der Waals surface area contributed by atoms with E-state index in [1.807, 2.05) is 49.4 Å². The summed E-state index contributed by atoms with van der Waals surface area (Å²) in [5, 5.41) is 43.1. The zero-order chi connectivity index (χ0) is 29.1. The maximum Gasteiger partial charge on any atom is 0.201 e. The molecule has 0 saturated carbocycles. The number of allylic oxidation sites excluding steroid dienone is 2. The van der Waals surface area contributed by atoms with Gasteiger partial charge in [0.25, 0.3) is 0 Å². The van der Waals surface area contributed by atoms with Crippen molar-refractivity contribution in [3.63, 3.8) is 0 Å². The molecular formula is C35H34O6. The lowest BCUT2D eigenvalue weighted by Gasteiger charge is -2.20. The lowest BCUT2D eigenvalue weighted by molar-refractivity contribution is 0.121. The molecule has 0 bridgehead atoms. The maximum absolute atomic E-state index is 11.3. The number of hydrogen-bond donors (Lipinski definition) is 4. The monoisotopic (exact) mass is 550 g/mol. The van der Waals surface area contributed by atoms with Crippen molar-refractivity contribution in [2.24, 2.45) is 0 Å². The summed E-state index contributed by atoms with van der Waals surface area (Å²) < 4.78 is 12.2. The fraction of sp³-hybridized carbons (Fsp3) is 0.200. The van der Waals surface area contributed by atoms with Gasteiger partial charge in [-0.1, -0.05) is 43.3 Å². The third kappa shape index (κ3) is 5.39. The number of ether oxygens (including phenoxy) is 2. The molecule has 0 fully saturated rings. The number of aryl methyl sites for hydroxylation is 1. The van der Waals surface area contributed by atoms with Crippen LogP contribution >= 0.6 is 0 Å². The Bertz CT molecular complexity index is 1590. The molecular weight excluding hydrogens is 516 g/mol. The topological polar surface area (TPSA) is 99.4 Å². The van der Waals surface area contributed by atoms with Gasteiger partial charge in [-0.05, 0) is 84.0 Å². The molecule has 1 aliphatic heterocycles. The van der Waals surface area contributed by atoms with Gasteiger partial charge in [-0.2, -0.15) is 0 Å². The summed E-state index contributed by atoms with van der Waals surface area (Å²) in [5.41, 5.74) is 5.41. The average molecular weight is 551 g/mol. The van der Waals surface area contributed by atoms with Crippen molar-refractivity contribution >= 4 is 0 Å². The van der Waals surface area contributed by atoms with Gasteiger partial charge in [-0.15, -0.1) is 13.2 Å². The molecule has 2 unspecified atom stereocenters. The first-order valence-corrected chi connectivity index (χ1v) is 13.7. The van der Waals surface area contributed by atoms with Crippen LogP contribution in [0.15, 0.2) is 92.0 Å². The van der Waals surface area contributed by atoms with Crippen LogP contribution < -0.4 is 9.47 Å². The zero-order valence-electron chi connectivity index (χ0n) is 23.0. The van der Waals surface area contributed by atoms with Crippen molar-refractivity contribution < 1.29 is 29.9 Å². The van der Waals surface area contributed by atoms with E-state index in [4.69, 9.17) is 9.47 Å². The first-order chi connectivity index (χ1) is 19.9. The Hall–Kier alpha value is -4.68. The largest absolute Gasteiger partial charge is 0.507 e. The SMILES string of the molecule is C=CCc1ccc(Oc2cc(CC=C)c3c(c2O)OC(CO)C3c2ccc(O)c(-c3cc(CC)ccc3O)c2)cc1. The summed E-state index contributed by atoms with van der Waals surface area (Å²) in [5.74, 6) is 0.507. The van der Waals surface area contributed by atoms with Gasteiger partial charge in [0.05, 0.1) is 12.5 Å². The third-order valence-electron chi connectivity index (χ3n) is 7.51. The number of aromatic hydroxyl groups is 3. The van der Waals surface area contributed by atoms with E-state index in [0.29, 0.717) is 23.3 Å². The smallest absolute Gasteiger partial charge is 0.201 e. The van der Waals surface area contributed by atoms with Crippen molar-refractivity contribution in [3.05, 3.63) is 120 Å². The Labute approximate surface area is 240 Å². The molecule has 0 amide bonds. The predicted molar refractivity (Wildman–Crippen MR) is 160 cm³/mol. The van der Waals surface area contributed by atoms with Gasteiger partial charge in [0.1, 0.15) is 23.4 Å². The van der Waals surface area contributed by atoms with E-state index in [2.05, 4.69) is 13.2 Å². The van der Waals surface area contributed by atoms with Gasteiger partial charge in [0.2, 0.25) is 5.75 Å². The second-order valence-electron chi connectivity index (χ2n) is 10.2. The summed E-state index contributed by atoms with van der Waals surface area (Å²) in [7, 11) is 0. The normalized spacial score (nSPS) is 15.7. The minimum Gasteiger partial charge on any atom is -0.507 e. The maximum atomic E-state index is 11.3. The molecule has 5 rings (SSSR count). The third-order valence-corrected chi connectivity index (χ3v) is 7.51. The highest BCUT2D eigenvalue weighted by molar-refractivity contribution is 5.77. The van der Waals surface area contributed by atoms with Crippen LogP contribution in [0.3, 0.4) is 0 Å². The van der Waals surface area contributed by atoms with Gasteiger partial charge >= 0.3 is 0 Å². The zero-order valence-corrected chi connectivity index (χ0v) is 23.0. The Morgan fingerprint density at radius 1 is 0.829 bits per heavy atom. The van der Waals surface area contributed by atoms with Crippen LogP contribution in [0.2, 0.25) is 0 Å². The minimum atomic E-state index is -0.694. The van der Waals surface area contributed by atoms with Crippen molar-refractivity contribution in [3.8, 4) is 45.6 Å². The van der Waals surface area contributed by atoms with Crippen LogP contribution in [-0.2, 0) is 19.3 Å². The number of benzene rings is 4. The van der Waals surface area contributed by atoms with E-state index in [1.54, 1.807) is 36.4 Å². The molecule has 0 aromatic heterocycles. The molecule has 6 heteroatoms. The molecule has 0 aliphatic carbocycles. The predicted octanol–water partition coefficient (Wildman–Crippen LogP) is 7.17. The molecule has 1 aliphatic rings. The number of phenols is 3. The van der Waals surface area contributed by atoms with Crippen LogP contribution in [0.1, 0.15) is 40.7 Å². The fourth-order valence-corrected chi connectivity index (χ4v) is 5.45. The molecule has 41 heavy (non-hydrogen) atoms. The van der Waals surface area contributed by atoms with Crippen molar-refractivity contribution in [1.29, 1.82) is 0 Å². The molecule has 0 spiro atoms. The molecule has 4 aromatic rings. The number of rotatable bonds is 10. The second kappa shape index (κ2) is 11.8. The number of aliphatic hydroxyl groups excluding tert-OH is 1. The van der Waals surface area contributed by atoms with Crippen LogP contribution in [0.25, 0.3) is 11.1 Å². The summed E-state index contributed by atoms with van der Waals surface area (Å²) in [6, 6.07) is 19.8. The first-order valence-electron chi connectivity index (χ1n) is 13.7. The highest BCUT2D eigenvalue weighted by Gasteiger charge is 2.40. The van der Waals surface area contributed by atoms with E-state index in [-0.39, 0.29) is 35.4 Å². The molecule has 6 nitrogen and oxygen atoms in total. The lowest BCUT2D eigenvalue weighted by atomic mass is 9.83. The van der Waals surface area contributed by atoms with E-state index in [9.17, 15) is 20.4 Å². The van der Waals surface area contributed by atoms with E-state index in [1.165, 1.54) is 0 Å². The fourth-order valence-electron chi connectivity index (χ4n) is 5.45.